The van der Waals surface area contributed by atoms with Gasteiger partial charge in [0.25, 0.3) is 5.91 Å². The minimum Gasteiger partial charge on any atom is -0.444 e. The van der Waals surface area contributed by atoms with Crippen molar-refractivity contribution in [1.29, 1.82) is 0 Å². The fraction of sp³-hybridized carbons (Fsp3) is 0.545. The molecule has 0 radical (unpaired) electrons. The van der Waals surface area contributed by atoms with E-state index in [0.717, 1.165) is 19.5 Å². The third-order valence-electron chi connectivity index (χ3n) is 2.94. The smallest absolute Gasteiger partial charge is 0.289 e. The highest BCUT2D eigenvalue weighted by Gasteiger charge is 2.28. The summed E-state index contributed by atoms with van der Waals surface area (Å²) in [6.45, 7) is 3.75. The van der Waals surface area contributed by atoms with Crippen LogP contribution in [0.25, 0.3) is 0 Å². The molecule has 1 aliphatic rings. The lowest BCUT2D eigenvalue weighted by Crippen LogP contribution is -2.43. The topological polar surface area (TPSA) is 33.5 Å². The Morgan fingerprint density at radius 2 is 2.31 bits per heavy atom. The molecule has 0 aliphatic carbocycles. The number of carbonyl (C=O) groups is 1. The lowest BCUT2D eigenvalue weighted by molar-refractivity contribution is 0.0672. The number of likely N-dealkylation sites (tertiary alicyclic amines) is 1. The van der Waals surface area contributed by atoms with E-state index in [1.165, 1.54) is 0 Å². The molecular weight excluding hydrogens is 338 g/mol. The fourth-order valence-electron chi connectivity index (χ4n) is 1.79. The summed E-state index contributed by atoms with van der Waals surface area (Å²) in [6.07, 6.45) is 1.03. The second-order valence-electron chi connectivity index (χ2n) is 4.14. The number of nitrogens with zero attached hydrogens (tertiary/aromatic N) is 1. The molecule has 0 spiro atoms. The minimum atomic E-state index is -0.0259. The summed E-state index contributed by atoms with van der Waals surface area (Å²) in [6, 6.07) is 3.44. The molecule has 3 nitrogen and oxygen atoms in total. The predicted octanol–water partition coefficient (Wildman–Crippen LogP) is 3.29. The van der Waals surface area contributed by atoms with Gasteiger partial charge in [0.1, 0.15) is 0 Å². The number of hydrogen-bond donors (Lipinski definition) is 0. The van der Waals surface area contributed by atoms with Gasteiger partial charge in [0, 0.05) is 17.9 Å². The normalized spacial score (nSPS) is 25.8. The maximum absolute atomic E-state index is 12.1. The number of piperidine rings is 1. The second-order valence-corrected chi connectivity index (χ2v) is 6.09. The largest absolute Gasteiger partial charge is 0.444 e. The molecule has 1 aromatic rings. The summed E-state index contributed by atoms with van der Waals surface area (Å²) in [5, 5.41) is 0. The van der Waals surface area contributed by atoms with Crippen molar-refractivity contribution in [3.63, 3.8) is 0 Å². The summed E-state index contributed by atoms with van der Waals surface area (Å²) in [4.78, 5) is 14.3. The highest BCUT2D eigenvalue weighted by atomic mass is 79.9. The monoisotopic (exact) mass is 349 g/mol. The van der Waals surface area contributed by atoms with Crippen LogP contribution >= 0.6 is 31.9 Å². The summed E-state index contributed by atoms with van der Waals surface area (Å²) < 4.78 is 5.86. The Bertz CT molecular complexity index is 391. The van der Waals surface area contributed by atoms with Crippen molar-refractivity contribution < 1.29 is 9.21 Å². The standard InChI is InChI=1S/C11H13Br2NO2/c1-7-4-5-14(6-8(7)12)11(15)9-2-3-10(13)16-9/h2-3,7-8H,4-6H2,1H3. The Kier molecular flexibility index (Phi) is 3.74. The van der Waals surface area contributed by atoms with E-state index in [-0.39, 0.29) is 5.91 Å². The van der Waals surface area contributed by atoms with E-state index in [9.17, 15) is 4.79 Å². The number of carbonyl (C=O) groups excluding carboxylic acids is 1. The molecule has 0 aromatic carbocycles. The zero-order valence-corrected chi connectivity index (χ0v) is 12.1. The average molecular weight is 351 g/mol. The number of hydrogen-bond acceptors (Lipinski definition) is 2. The number of amides is 1. The van der Waals surface area contributed by atoms with E-state index in [2.05, 4.69) is 38.8 Å². The van der Waals surface area contributed by atoms with Gasteiger partial charge in [-0.3, -0.25) is 4.79 Å². The number of alkyl halides is 1. The van der Waals surface area contributed by atoms with Gasteiger partial charge in [0.15, 0.2) is 10.4 Å². The molecular formula is C11H13Br2NO2. The van der Waals surface area contributed by atoms with Crippen LogP contribution in [0.2, 0.25) is 0 Å². The molecule has 0 N–H and O–H groups in total. The van der Waals surface area contributed by atoms with Crippen LogP contribution in [-0.4, -0.2) is 28.7 Å². The number of halogens is 2. The molecule has 16 heavy (non-hydrogen) atoms. The van der Waals surface area contributed by atoms with Gasteiger partial charge in [0.05, 0.1) is 0 Å². The highest BCUT2D eigenvalue weighted by Crippen LogP contribution is 2.25. The van der Waals surface area contributed by atoms with Gasteiger partial charge >= 0.3 is 0 Å². The molecule has 1 fully saturated rings. The Morgan fingerprint density at radius 3 is 2.88 bits per heavy atom. The van der Waals surface area contributed by atoms with Crippen molar-refractivity contribution in [3.05, 3.63) is 22.6 Å². The van der Waals surface area contributed by atoms with Crippen molar-refractivity contribution in [1.82, 2.24) is 4.90 Å². The predicted molar refractivity (Wildman–Crippen MR) is 68.8 cm³/mol. The van der Waals surface area contributed by atoms with Crippen molar-refractivity contribution >= 4 is 37.8 Å². The van der Waals surface area contributed by atoms with Gasteiger partial charge in [-0.1, -0.05) is 22.9 Å². The van der Waals surface area contributed by atoms with E-state index in [0.29, 0.717) is 21.2 Å². The Labute approximate surface area is 111 Å². The lowest BCUT2D eigenvalue weighted by Gasteiger charge is -2.33. The summed E-state index contributed by atoms with van der Waals surface area (Å²) in [5.41, 5.74) is 0. The Balaban J connectivity index is 2.06. The van der Waals surface area contributed by atoms with Crippen LogP contribution in [0.1, 0.15) is 23.9 Å². The molecule has 2 rings (SSSR count). The molecule has 2 atom stereocenters. The summed E-state index contributed by atoms with van der Waals surface area (Å²) >= 11 is 6.81. The molecule has 2 heterocycles. The van der Waals surface area contributed by atoms with Crippen LogP contribution in [-0.2, 0) is 0 Å². The maximum atomic E-state index is 12.1. The molecule has 1 aromatic heterocycles. The summed E-state index contributed by atoms with van der Waals surface area (Å²) in [7, 11) is 0. The molecule has 5 heteroatoms. The Hall–Kier alpha value is -0.290. The van der Waals surface area contributed by atoms with Crippen LogP contribution in [0.5, 0.6) is 0 Å². The van der Waals surface area contributed by atoms with E-state index < -0.39 is 0 Å². The van der Waals surface area contributed by atoms with E-state index in [4.69, 9.17) is 4.42 Å². The first-order chi connectivity index (χ1) is 7.58. The van der Waals surface area contributed by atoms with Crippen molar-refractivity contribution in [2.45, 2.75) is 18.2 Å². The zero-order chi connectivity index (χ0) is 11.7. The fourth-order valence-corrected chi connectivity index (χ4v) is 2.71. The third kappa shape index (κ3) is 2.51. The molecule has 1 amide bonds. The van der Waals surface area contributed by atoms with Crippen LogP contribution in [0.4, 0.5) is 0 Å². The van der Waals surface area contributed by atoms with Gasteiger partial charge in [0.2, 0.25) is 0 Å². The van der Waals surface area contributed by atoms with Gasteiger partial charge in [-0.25, -0.2) is 0 Å². The molecule has 2 unspecified atom stereocenters. The average Bonchev–Trinajstić information content (AvgIpc) is 2.68. The van der Waals surface area contributed by atoms with E-state index in [1.807, 2.05) is 4.90 Å². The van der Waals surface area contributed by atoms with Crippen molar-refractivity contribution in [2.24, 2.45) is 5.92 Å². The van der Waals surface area contributed by atoms with E-state index in [1.54, 1.807) is 12.1 Å². The first-order valence-electron chi connectivity index (χ1n) is 5.26. The van der Waals surface area contributed by atoms with Crippen LogP contribution in [0.15, 0.2) is 21.2 Å². The number of furan rings is 1. The van der Waals surface area contributed by atoms with E-state index >= 15 is 0 Å². The van der Waals surface area contributed by atoms with Crippen LogP contribution < -0.4 is 0 Å². The van der Waals surface area contributed by atoms with Crippen molar-refractivity contribution in [2.75, 3.05) is 13.1 Å². The maximum Gasteiger partial charge on any atom is 0.289 e. The van der Waals surface area contributed by atoms with Gasteiger partial charge in [-0.05, 0) is 40.4 Å². The Morgan fingerprint density at radius 1 is 1.56 bits per heavy atom. The van der Waals surface area contributed by atoms with Gasteiger partial charge < -0.3 is 9.32 Å². The third-order valence-corrected chi connectivity index (χ3v) is 4.56. The van der Waals surface area contributed by atoms with Crippen molar-refractivity contribution in [3.8, 4) is 0 Å². The van der Waals surface area contributed by atoms with Crippen LogP contribution in [0.3, 0.4) is 0 Å². The summed E-state index contributed by atoms with van der Waals surface area (Å²) in [5.74, 6) is 0.996. The first-order valence-corrected chi connectivity index (χ1v) is 6.97. The van der Waals surface area contributed by atoms with Gasteiger partial charge in [-0.15, -0.1) is 0 Å². The molecule has 1 saturated heterocycles. The first kappa shape index (κ1) is 12.2. The quantitative estimate of drug-likeness (QED) is 0.728. The minimum absolute atomic E-state index is 0.0259. The van der Waals surface area contributed by atoms with Gasteiger partial charge in [-0.2, -0.15) is 0 Å². The molecule has 0 bridgehead atoms. The molecule has 88 valence electrons. The number of rotatable bonds is 1. The SMILES string of the molecule is CC1CCN(C(=O)c2ccc(Br)o2)CC1Br. The highest BCUT2D eigenvalue weighted by molar-refractivity contribution is 9.10. The lowest BCUT2D eigenvalue weighted by atomic mass is 9.99. The zero-order valence-electron chi connectivity index (χ0n) is 8.95. The van der Waals surface area contributed by atoms with Crippen LogP contribution in [0, 0.1) is 5.92 Å². The molecule has 0 saturated carbocycles. The second kappa shape index (κ2) is 4.92. The molecule has 1 aliphatic heterocycles.